The van der Waals surface area contributed by atoms with Crippen molar-refractivity contribution in [1.82, 2.24) is 4.98 Å². The van der Waals surface area contributed by atoms with Crippen LogP contribution >= 0.6 is 0 Å². The number of nitrogens with zero attached hydrogens (tertiary/aromatic N) is 1. The highest BCUT2D eigenvalue weighted by molar-refractivity contribution is 5.57. The van der Waals surface area contributed by atoms with Crippen molar-refractivity contribution in [3.63, 3.8) is 0 Å². The molecule has 17 heavy (non-hydrogen) atoms. The van der Waals surface area contributed by atoms with Crippen molar-refractivity contribution in [2.75, 3.05) is 13.7 Å². The Labute approximate surface area is 100 Å². The molecule has 0 bridgehead atoms. The summed E-state index contributed by atoms with van der Waals surface area (Å²) in [6.45, 7) is 2.57. The molecule has 0 aliphatic heterocycles. The average molecular weight is 232 g/mol. The maximum atomic E-state index is 5.47. The van der Waals surface area contributed by atoms with E-state index in [4.69, 9.17) is 14.9 Å². The molecule has 1 heterocycles. The summed E-state index contributed by atoms with van der Waals surface area (Å²) in [5.74, 6) is 1.49. The third kappa shape index (κ3) is 2.47. The second-order valence-corrected chi connectivity index (χ2v) is 3.87. The highest BCUT2D eigenvalue weighted by Gasteiger charge is 2.08. The molecule has 4 nitrogen and oxygen atoms in total. The van der Waals surface area contributed by atoms with Crippen molar-refractivity contribution in [2.45, 2.75) is 13.3 Å². The van der Waals surface area contributed by atoms with Crippen molar-refractivity contribution in [2.24, 2.45) is 5.73 Å². The molecule has 0 saturated carbocycles. The zero-order valence-electron chi connectivity index (χ0n) is 10.1. The molecule has 2 rings (SSSR count). The van der Waals surface area contributed by atoms with Gasteiger partial charge in [-0.25, -0.2) is 4.98 Å². The predicted octanol–water partition coefficient (Wildman–Crippen LogP) is 2.16. The molecule has 0 spiro atoms. The fraction of sp³-hybridized carbons (Fsp3) is 0.308. The molecular weight excluding hydrogens is 216 g/mol. The lowest BCUT2D eigenvalue weighted by Gasteiger charge is -2.04. The zero-order valence-corrected chi connectivity index (χ0v) is 10.1. The van der Waals surface area contributed by atoms with Crippen LogP contribution in [0.3, 0.4) is 0 Å². The lowest BCUT2D eigenvalue weighted by atomic mass is 10.1. The molecule has 0 saturated heterocycles. The van der Waals surface area contributed by atoms with Crippen LogP contribution in [0.15, 0.2) is 28.9 Å². The van der Waals surface area contributed by atoms with Crippen LogP contribution < -0.4 is 10.5 Å². The number of rotatable bonds is 4. The van der Waals surface area contributed by atoms with E-state index in [0.717, 1.165) is 29.0 Å². The Balaban J connectivity index is 2.29. The Bertz CT molecular complexity index is 506. The summed E-state index contributed by atoms with van der Waals surface area (Å²) in [6.07, 6.45) is 2.39. The van der Waals surface area contributed by atoms with Crippen LogP contribution in [-0.4, -0.2) is 18.6 Å². The molecule has 0 unspecified atom stereocenters. The van der Waals surface area contributed by atoms with Gasteiger partial charge in [0.2, 0.25) is 5.89 Å². The summed E-state index contributed by atoms with van der Waals surface area (Å²) in [4.78, 5) is 4.38. The van der Waals surface area contributed by atoms with Gasteiger partial charge in [0.05, 0.1) is 12.8 Å². The van der Waals surface area contributed by atoms with E-state index in [0.29, 0.717) is 12.4 Å². The second-order valence-electron chi connectivity index (χ2n) is 3.87. The quantitative estimate of drug-likeness (QED) is 0.877. The Kier molecular flexibility index (Phi) is 3.44. The highest BCUT2D eigenvalue weighted by Crippen LogP contribution is 2.25. The Morgan fingerprint density at radius 2 is 2.24 bits per heavy atom. The lowest BCUT2D eigenvalue weighted by molar-refractivity contribution is 0.411. The number of aryl methyl sites for hydroxylation is 1. The molecule has 0 aliphatic rings. The minimum atomic E-state index is 0.577. The molecule has 0 aliphatic carbocycles. The third-order valence-corrected chi connectivity index (χ3v) is 2.59. The van der Waals surface area contributed by atoms with Crippen LogP contribution in [0.5, 0.6) is 5.75 Å². The Morgan fingerprint density at radius 1 is 1.41 bits per heavy atom. The first-order valence-corrected chi connectivity index (χ1v) is 5.54. The van der Waals surface area contributed by atoms with E-state index < -0.39 is 0 Å². The molecule has 0 radical (unpaired) electrons. The minimum Gasteiger partial charge on any atom is -0.496 e. The zero-order chi connectivity index (χ0) is 12.3. The summed E-state index contributed by atoms with van der Waals surface area (Å²) < 4.78 is 10.6. The van der Waals surface area contributed by atoms with Gasteiger partial charge >= 0.3 is 0 Å². The van der Waals surface area contributed by atoms with E-state index in [9.17, 15) is 0 Å². The summed E-state index contributed by atoms with van der Waals surface area (Å²) in [5, 5.41) is 0. The third-order valence-electron chi connectivity index (χ3n) is 2.59. The molecule has 2 aromatic rings. The second kappa shape index (κ2) is 5.01. The van der Waals surface area contributed by atoms with Crippen LogP contribution in [0.2, 0.25) is 0 Å². The first-order valence-electron chi connectivity index (χ1n) is 5.54. The number of oxazole rings is 1. The van der Waals surface area contributed by atoms with Gasteiger partial charge in [0.15, 0.2) is 0 Å². The molecule has 0 amide bonds. The average Bonchev–Trinajstić information content (AvgIpc) is 2.78. The molecule has 2 N–H and O–H groups in total. The molecule has 0 atom stereocenters. The largest absolute Gasteiger partial charge is 0.496 e. The van der Waals surface area contributed by atoms with Gasteiger partial charge in [-0.2, -0.15) is 0 Å². The predicted molar refractivity (Wildman–Crippen MR) is 66.0 cm³/mol. The summed E-state index contributed by atoms with van der Waals surface area (Å²) in [7, 11) is 1.66. The first-order chi connectivity index (χ1) is 8.24. The fourth-order valence-corrected chi connectivity index (χ4v) is 1.71. The van der Waals surface area contributed by atoms with Gasteiger partial charge in [-0.1, -0.05) is 0 Å². The maximum Gasteiger partial charge on any atom is 0.226 e. The Hall–Kier alpha value is -1.81. The minimum absolute atomic E-state index is 0.577. The lowest BCUT2D eigenvalue weighted by Crippen LogP contribution is -2.02. The van der Waals surface area contributed by atoms with Crippen LogP contribution in [0.25, 0.3) is 11.5 Å². The van der Waals surface area contributed by atoms with Crippen LogP contribution in [-0.2, 0) is 6.42 Å². The summed E-state index contributed by atoms with van der Waals surface area (Å²) in [6, 6.07) is 5.85. The standard InChI is InChI=1S/C13H16N2O2/c1-9-7-10(3-4-12(9)16-2)13-15-11(5-6-14)8-17-13/h3-4,7-8H,5-6,14H2,1-2H3. The number of aromatic nitrogens is 1. The van der Waals surface area contributed by atoms with E-state index >= 15 is 0 Å². The molecule has 1 aromatic heterocycles. The van der Waals surface area contributed by atoms with Crippen molar-refractivity contribution in [3.8, 4) is 17.2 Å². The number of methoxy groups -OCH3 is 1. The van der Waals surface area contributed by atoms with Crippen molar-refractivity contribution in [1.29, 1.82) is 0 Å². The summed E-state index contributed by atoms with van der Waals surface area (Å²) in [5.41, 5.74) is 8.37. The topological polar surface area (TPSA) is 61.3 Å². The number of hydrogen-bond donors (Lipinski definition) is 1. The van der Waals surface area contributed by atoms with E-state index in [1.165, 1.54) is 0 Å². The SMILES string of the molecule is COc1ccc(-c2nc(CCN)co2)cc1C. The van der Waals surface area contributed by atoms with Gasteiger partial charge in [0, 0.05) is 12.0 Å². The fourth-order valence-electron chi connectivity index (χ4n) is 1.71. The molecule has 1 aromatic carbocycles. The highest BCUT2D eigenvalue weighted by atomic mass is 16.5. The smallest absolute Gasteiger partial charge is 0.226 e. The number of nitrogens with two attached hydrogens (primary N) is 1. The van der Waals surface area contributed by atoms with Crippen LogP contribution in [0, 0.1) is 6.92 Å². The van der Waals surface area contributed by atoms with Gasteiger partial charge in [0.25, 0.3) is 0 Å². The number of hydrogen-bond acceptors (Lipinski definition) is 4. The Morgan fingerprint density at radius 3 is 2.88 bits per heavy atom. The summed E-state index contributed by atoms with van der Waals surface area (Å²) >= 11 is 0. The first kappa shape index (κ1) is 11.7. The maximum absolute atomic E-state index is 5.47. The van der Waals surface area contributed by atoms with Gasteiger partial charge < -0.3 is 14.9 Å². The van der Waals surface area contributed by atoms with Crippen molar-refractivity contribution >= 4 is 0 Å². The number of benzene rings is 1. The number of ether oxygens (including phenoxy) is 1. The normalized spacial score (nSPS) is 10.5. The van der Waals surface area contributed by atoms with Crippen molar-refractivity contribution in [3.05, 3.63) is 35.7 Å². The van der Waals surface area contributed by atoms with E-state index in [-0.39, 0.29) is 0 Å². The van der Waals surface area contributed by atoms with Crippen LogP contribution in [0.4, 0.5) is 0 Å². The molecular formula is C13H16N2O2. The van der Waals surface area contributed by atoms with Gasteiger partial charge in [0.1, 0.15) is 12.0 Å². The molecule has 90 valence electrons. The van der Waals surface area contributed by atoms with Crippen LogP contribution in [0.1, 0.15) is 11.3 Å². The monoisotopic (exact) mass is 232 g/mol. The molecule has 4 heteroatoms. The molecule has 0 fully saturated rings. The van der Waals surface area contributed by atoms with Crippen molar-refractivity contribution < 1.29 is 9.15 Å². The van der Waals surface area contributed by atoms with E-state index in [2.05, 4.69) is 4.98 Å². The van der Waals surface area contributed by atoms with Gasteiger partial charge in [-0.05, 0) is 37.2 Å². The van der Waals surface area contributed by atoms with Gasteiger partial charge in [-0.15, -0.1) is 0 Å². The van der Waals surface area contributed by atoms with E-state index in [1.54, 1.807) is 13.4 Å². The van der Waals surface area contributed by atoms with Gasteiger partial charge in [-0.3, -0.25) is 0 Å². The van der Waals surface area contributed by atoms with E-state index in [1.807, 2.05) is 25.1 Å².